The number of nitrogens with zero attached hydrogens (tertiary/aromatic N) is 3. The van der Waals surface area contributed by atoms with Crippen LogP contribution in [0.4, 0.5) is 0 Å². The van der Waals surface area contributed by atoms with Crippen LogP contribution in [0.15, 0.2) is 48.8 Å². The van der Waals surface area contributed by atoms with Crippen molar-refractivity contribution in [3.05, 3.63) is 59.9 Å². The molecule has 23 heavy (non-hydrogen) atoms. The molecule has 0 N–H and O–H groups in total. The molecule has 2 heterocycles. The molecule has 0 saturated carbocycles. The van der Waals surface area contributed by atoms with Crippen LogP contribution in [0.5, 0.6) is 5.75 Å². The average molecular weight is 311 g/mol. The van der Waals surface area contributed by atoms with Gasteiger partial charge in [0.25, 0.3) is 5.91 Å². The lowest BCUT2D eigenvalue weighted by molar-refractivity contribution is 0.0545. The molecule has 0 bridgehead atoms. The first-order chi connectivity index (χ1) is 11.2. The van der Waals surface area contributed by atoms with E-state index in [1.807, 2.05) is 29.2 Å². The Bertz CT molecular complexity index is 675. The molecule has 5 heteroatoms. The number of aromatic nitrogens is 1. The highest BCUT2D eigenvalue weighted by Gasteiger charge is 2.29. The third-order valence-electron chi connectivity index (χ3n) is 4.32. The van der Waals surface area contributed by atoms with Gasteiger partial charge in [0.15, 0.2) is 0 Å². The number of ether oxygens (including phenoxy) is 1. The van der Waals surface area contributed by atoms with E-state index in [2.05, 4.69) is 23.0 Å². The fourth-order valence-electron chi connectivity index (χ4n) is 2.94. The highest BCUT2D eigenvalue weighted by Crippen LogP contribution is 2.27. The molecule has 1 unspecified atom stereocenters. The van der Waals surface area contributed by atoms with Gasteiger partial charge in [0.2, 0.25) is 0 Å². The summed E-state index contributed by atoms with van der Waals surface area (Å²) in [4.78, 5) is 20.9. The van der Waals surface area contributed by atoms with Gasteiger partial charge >= 0.3 is 0 Å². The van der Waals surface area contributed by atoms with Crippen LogP contribution in [0.1, 0.15) is 22.0 Å². The molecule has 5 nitrogen and oxygen atoms in total. The molecule has 1 fully saturated rings. The van der Waals surface area contributed by atoms with Crippen molar-refractivity contribution in [3.63, 3.8) is 0 Å². The Labute approximate surface area is 136 Å². The number of carbonyl (C=O) groups is 1. The number of likely N-dealkylation sites (N-methyl/N-ethyl adjacent to an activating group) is 1. The van der Waals surface area contributed by atoms with Crippen molar-refractivity contribution in [1.29, 1.82) is 0 Å². The van der Waals surface area contributed by atoms with E-state index in [0.29, 0.717) is 12.1 Å². The number of benzene rings is 1. The molecule has 1 amide bonds. The third kappa shape index (κ3) is 3.35. The molecule has 1 aromatic carbocycles. The Balaban J connectivity index is 1.80. The van der Waals surface area contributed by atoms with Crippen LogP contribution in [0.3, 0.4) is 0 Å². The maximum Gasteiger partial charge on any atom is 0.255 e. The largest absolute Gasteiger partial charge is 0.497 e. The van der Waals surface area contributed by atoms with Crippen molar-refractivity contribution >= 4 is 5.91 Å². The zero-order valence-corrected chi connectivity index (χ0v) is 13.5. The Morgan fingerprint density at radius 2 is 2.13 bits per heavy atom. The Morgan fingerprint density at radius 1 is 1.26 bits per heavy atom. The SMILES string of the molecule is COc1cccc(C2CN(C(=O)c3cccnc3)CCN2C)c1. The van der Waals surface area contributed by atoms with E-state index >= 15 is 0 Å². The molecule has 1 aromatic heterocycles. The second-order valence-electron chi connectivity index (χ2n) is 5.77. The van der Waals surface area contributed by atoms with Crippen LogP contribution in [0.2, 0.25) is 0 Å². The second kappa shape index (κ2) is 6.79. The maximum atomic E-state index is 12.6. The summed E-state index contributed by atoms with van der Waals surface area (Å²) in [5.41, 5.74) is 1.80. The molecule has 3 rings (SSSR count). The van der Waals surface area contributed by atoms with Gasteiger partial charge in [0.05, 0.1) is 18.7 Å². The first kappa shape index (κ1) is 15.5. The summed E-state index contributed by atoms with van der Waals surface area (Å²) in [6.45, 7) is 2.23. The molecule has 1 aliphatic heterocycles. The molecule has 0 radical (unpaired) electrons. The number of rotatable bonds is 3. The predicted molar refractivity (Wildman–Crippen MR) is 88.5 cm³/mol. The second-order valence-corrected chi connectivity index (χ2v) is 5.77. The van der Waals surface area contributed by atoms with Crippen LogP contribution >= 0.6 is 0 Å². The van der Waals surface area contributed by atoms with Crippen LogP contribution < -0.4 is 4.74 Å². The molecule has 0 aliphatic carbocycles. The minimum Gasteiger partial charge on any atom is -0.497 e. The van der Waals surface area contributed by atoms with Crippen molar-refractivity contribution in [2.75, 3.05) is 33.8 Å². The number of pyridine rings is 1. The number of carbonyl (C=O) groups excluding carboxylic acids is 1. The maximum absolute atomic E-state index is 12.6. The lowest BCUT2D eigenvalue weighted by Gasteiger charge is -2.39. The number of piperazine rings is 1. The summed E-state index contributed by atoms with van der Waals surface area (Å²) in [5, 5.41) is 0. The Kier molecular flexibility index (Phi) is 4.57. The predicted octanol–water partition coefficient (Wildman–Crippen LogP) is 2.22. The van der Waals surface area contributed by atoms with Gasteiger partial charge in [-0.1, -0.05) is 12.1 Å². The lowest BCUT2D eigenvalue weighted by atomic mass is 10.0. The summed E-state index contributed by atoms with van der Waals surface area (Å²) in [7, 11) is 3.76. The number of amides is 1. The van der Waals surface area contributed by atoms with Crippen molar-refractivity contribution in [2.45, 2.75) is 6.04 Å². The van der Waals surface area contributed by atoms with Gasteiger partial charge < -0.3 is 9.64 Å². The molecule has 120 valence electrons. The Hall–Kier alpha value is -2.40. The van der Waals surface area contributed by atoms with Crippen molar-refractivity contribution in [1.82, 2.24) is 14.8 Å². The van der Waals surface area contributed by atoms with E-state index < -0.39 is 0 Å². The van der Waals surface area contributed by atoms with Crippen LogP contribution in [0.25, 0.3) is 0 Å². The van der Waals surface area contributed by atoms with Gasteiger partial charge in [0.1, 0.15) is 5.75 Å². The van der Waals surface area contributed by atoms with E-state index in [1.165, 1.54) is 0 Å². The van der Waals surface area contributed by atoms with Crippen LogP contribution in [-0.4, -0.2) is 54.5 Å². The summed E-state index contributed by atoms with van der Waals surface area (Å²) >= 11 is 0. The average Bonchev–Trinajstić information content (AvgIpc) is 2.62. The number of hydrogen-bond donors (Lipinski definition) is 0. The van der Waals surface area contributed by atoms with Gasteiger partial charge in [-0.05, 0) is 36.9 Å². The van der Waals surface area contributed by atoms with E-state index in [1.54, 1.807) is 25.6 Å². The van der Waals surface area contributed by atoms with Gasteiger partial charge in [-0.15, -0.1) is 0 Å². The summed E-state index contributed by atoms with van der Waals surface area (Å²) < 4.78 is 5.32. The zero-order chi connectivity index (χ0) is 16.2. The molecule has 1 atom stereocenters. The fourth-order valence-corrected chi connectivity index (χ4v) is 2.94. The van der Waals surface area contributed by atoms with Gasteiger partial charge in [0, 0.05) is 32.0 Å². The quantitative estimate of drug-likeness (QED) is 0.872. The smallest absolute Gasteiger partial charge is 0.255 e. The van der Waals surface area contributed by atoms with Gasteiger partial charge in [-0.3, -0.25) is 14.7 Å². The van der Waals surface area contributed by atoms with E-state index in [0.717, 1.165) is 24.4 Å². The first-order valence-corrected chi connectivity index (χ1v) is 7.72. The van der Waals surface area contributed by atoms with Crippen molar-refractivity contribution < 1.29 is 9.53 Å². The van der Waals surface area contributed by atoms with Crippen molar-refractivity contribution in [3.8, 4) is 5.75 Å². The molecular formula is C18H21N3O2. The van der Waals surface area contributed by atoms with Gasteiger partial charge in [-0.2, -0.15) is 0 Å². The molecule has 0 spiro atoms. The summed E-state index contributed by atoms with van der Waals surface area (Å²) in [5.74, 6) is 0.880. The van der Waals surface area contributed by atoms with E-state index in [-0.39, 0.29) is 11.9 Å². The molecule has 1 saturated heterocycles. The van der Waals surface area contributed by atoms with E-state index in [4.69, 9.17) is 4.74 Å². The Morgan fingerprint density at radius 3 is 2.87 bits per heavy atom. The normalized spacial score (nSPS) is 18.7. The molecule has 2 aromatic rings. The number of methoxy groups -OCH3 is 1. The highest BCUT2D eigenvalue weighted by molar-refractivity contribution is 5.94. The standard InChI is InChI=1S/C18H21N3O2/c1-20-9-10-21(18(22)15-6-4-8-19-12-15)13-17(20)14-5-3-7-16(11-14)23-2/h3-8,11-12,17H,9-10,13H2,1-2H3. The minimum atomic E-state index is 0.0408. The fraction of sp³-hybridized carbons (Fsp3) is 0.333. The molecule has 1 aliphatic rings. The van der Waals surface area contributed by atoms with Crippen LogP contribution in [-0.2, 0) is 0 Å². The van der Waals surface area contributed by atoms with Gasteiger partial charge in [-0.25, -0.2) is 0 Å². The summed E-state index contributed by atoms with van der Waals surface area (Å²) in [6, 6.07) is 11.8. The number of hydrogen-bond acceptors (Lipinski definition) is 4. The third-order valence-corrected chi connectivity index (χ3v) is 4.32. The highest BCUT2D eigenvalue weighted by atomic mass is 16.5. The van der Waals surface area contributed by atoms with Crippen molar-refractivity contribution in [2.24, 2.45) is 0 Å². The molecular weight excluding hydrogens is 290 g/mol. The van der Waals surface area contributed by atoms with E-state index in [9.17, 15) is 4.79 Å². The first-order valence-electron chi connectivity index (χ1n) is 7.72. The zero-order valence-electron chi connectivity index (χ0n) is 13.5. The van der Waals surface area contributed by atoms with Crippen LogP contribution in [0, 0.1) is 0 Å². The monoisotopic (exact) mass is 311 g/mol. The lowest BCUT2D eigenvalue weighted by Crippen LogP contribution is -2.49. The minimum absolute atomic E-state index is 0.0408. The topological polar surface area (TPSA) is 45.7 Å². The summed E-state index contributed by atoms with van der Waals surface area (Å²) in [6.07, 6.45) is 3.31.